The summed E-state index contributed by atoms with van der Waals surface area (Å²) in [6.45, 7) is 20.1. The molecule has 0 aromatic heterocycles. The Hall–Kier alpha value is -1.78. The van der Waals surface area contributed by atoms with Crippen molar-refractivity contribution in [2.75, 3.05) is 6.61 Å². The van der Waals surface area contributed by atoms with Gasteiger partial charge in [-0.2, -0.15) is 0 Å². The van der Waals surface area contributed by atoms with Crippen LogP contribution in [0.15, 0.2) is 60.7 Å². The van der Waals surface area contributed by atoms with Crippen LogP contribution < -0.4 is 10.4 Å². The van der Waals surface area contributed by atoms with E-state index in [1.165, 1.54) is 17.3 Å². The van der Waals surface area contributed by atoms with E-state index in [2.05, 4.69) is 115 Å². The zero-order valence-electron chi connectivity index (χ0n) is 24.9. The molecule has 3 atom stereocenters. The maximum atomic E-state index is 11.8. The Morgan fingerprint density at radius 2 is 1.39 bits per heavy atom. The van der Waals surface area contributed by atoms with Gasteiger partial charge in [0.05, 0.1) is 12.2 Å². The van der Waals surface area contributed by atoms with Gasteiger partial charge in [0.15, 0.2) is 8.32 Å². The Morgan fingerprint density at radius 1 is 0.868 bits per heavy atom. The van der Waals surface area contributed by atoms with Gasteiger partial charge >= 0.3 is 5.97 Å². The third-order valence-corrected chi connectivity index (χ3v) is 17.6. The van der Waals surface area contributed by atoms with E-state index >= 15 is 0 Å². The minimum absolute atomic E-state index is 0.00754. The fourth-order valence-corrected chi connectivity index (χ4v) is 11.1. The van der Waals surface area contributed by atoms with Gasteiger partial charge in [-0.05, 0) is 46.4 Å². The van der Waals surface area contributed by atoms with E-state index in [-0.39, 0.29) is 28.3 Å². The Kier molecular flexibility index (Phi) is 9.85. The zero-order valence-corrected chi connectivity index (χ0v) is 26.9. The number of benzene rings is 2. The van der Waals surface area contributed by atoms with Gasteiger partial charge < -0.3 is 18.3 Å². The highest BCUT2D eigenvalue weighted by Crippen LogP contribution is 2.40. The molecule has 1 saturated heterocycles. The summed E-state index contributed by atoms with van der Waals surface area (Å²) in [5, 5.41) is 2.54. The Bertz CT molecular complexity index is 988. The highest BCUT2D eigenvalue weighted by Gasteiger charge is 2.50. The van der Waals surface area contributed by atoms with Crippen LogP contribution in [0.3, 0.4) is 0 Å². The van der Waals surface area contributed by atoms with E-state index < -0.39 is 22.9 Å². The maximum Gasteiger partial charge on any atom is 0.304 e. The summed E-state index contributed by atoms with van der Waals surface area (Å²) in [5.41, 5.74) is 0. The number of esters is 1. The molecule has 0 amide bonds. The number of carbonyl (C=O) groups is 1. The largest absolute Gasteiger partial charge is 0.436 e. The van der Waals surface area contributed by atoms with Crippen molar-refractivity contribution in [1.82, 2.24) is 0 Å². The van der Waals surface area contributed by atoms with Gasteiger partial charge in [-0.25, -0.2) is 0 Å². The molecule has 0 N–H and O–H groups in total. The van der Waals surface area contributed by atoms with Gasteiger partial charge in [0, 0.05) is 20.0 Å². The van der Waals surface area contributed by atoms with Crippen LogP contribution in [0.2, 0.25) is 23.2 Å². The molecule has 38 heavy (non-hydrogen) atoms. The van der Waals surface area contributed by atoms with Crippen molar-refractivity contribution in [3.8, 4) is 0 Å². The molecule has 210 valence electrons. The van der Waals surface area contributed by atoms with Crippen LogP contribution in [-0.2, 0) is 23.1 Å². The third-order valence-electron chi connectivity index (χ3n) is 8.07. The molecular formula is C31H48O5Si2. The standard InChI is InChI=1S/C31H48O5Si2/c1-24(32)34-29-23-26(36-37(8,9)30(2,3)4)22-25(35-29)20-21-33-38(31(5,6)7,27-16-12-10-13-17-27)28-18-14-11-15-19-28/h10-19,25-26,29H,20-23H2,1-9H3/t25-,26-,29?/m0/s1. The van der Waals surface area contributed by atoms with Crippen molar-refractivity contribution in [3.63, 3.8) is 0 Å². The van der Waals surface area contributed by atoms with E-state index in [9.17, 15) is 4.79 Å². The molecule has 1 aliphatic rings. The van der Waals surface area contributed by atoms with Gasteiger partial charge in [-0.15, -0.1) is 0 Å². The number of carbonyl (C=O) groups excluding carboxylic acids is 1. The summed E-state index contributed by atoms with van der Waals surface area (Å²) in [6, 6.07) is 21.4. The summed E-state index contributed by atoms with van der Waals surface area (Å²) in [5.74, 6) is -0.328. The van der Waals surface area contributed by atoms with Crippen LogP contribution in [0, 0.1) is 0 Å². The third kappa shape index (κ3) is 7.24. The Morgan fingerprint density at radius 3 is 1.84 bits per heavy atom. The molecule has 5 nitrogen and oxygen atoms in total. The van der Waals surface area contributed by atoms with Crippen molar-refractivity contribution in [1.29, 1.82) is 0 Å². The molecule has 3 rings (SSSR count). The van der Waals surface area contributed by atoms with Crippen LogP contribution in [0.1, 0.15) is 67.7 Å². The van der Waals surface area contributed by atoms with Gasteiger partial charge in [0.2, 0.25) is 6.29 Å². The van der Waals surface area contributed by atoms with Crippen LogP contribution in [0.5, 0.6) is 0 Å². The number of ether oxygens (including phenoxy) is 2. The number of hydrogen-bond donors (Lipinski definition) is 0. The molecule has 1 aliphatic heterocycles. The molecule has 2 aromatic carbocycles. The first-order valence-electron chi connectivity index (χ1n) is 13.9. The van der Waals surface area contributed by atoms with Crippen molar-refractivity contribution in [2.45, 2.75) is 109 Å². The van der Waals surface area contributed by atoms with Crippen molar-refractivity contribution >= 4 is 33.0 Å². The van der Waals surface area contributed by atoms with Gasteiger partial charge in [-0.1, -0.05) is 102 Å². The smallest absolute Gasteiger partial charge is 0.304 e. The van der Waals surface area contributed by atoms with Gasteiger partial charge in [-0.3, -0.25) is 4.79 Å². The SMILES string of the molecule is CC(=O)OC1C[C@@H](O[Si](C)(C)C(C)(C)C)C[C@H](CCO[Si](c2ccccc2)(c2ccccc2)C(C)(C)C)O1. The summed E-state index contributed by atoms with van der Waals surface area (Å²) >= 11 is 0. The lowest BCUT2D eigenvalue weighted by Gasteiger charge is -2.44. The number of hydrogen-bond acceptors (Lipinski definition) is 5. The molecule has 1 heterocycles. The molecule has 1 fully saturated rings. The molecule has 0 radical (unpaired) electrons. The second-order valence-electron chi connectivity index (χ2n) is 13.1. The molecule has 0 saturated carbocycles. The topological polar surface area (TPSA) is 54.0 Å². The van der Waals surface area contributed by atoms with E-state index in [0.717, 1.165) is 6.42 Å². The second-order valence-corrected chi connectivity index (χ2v) is 22.1. The molecular weight excluding hydrogens is 509 g/mol. The Balaban J connectivity index is 1.83. The van der Waals surface area contributed by atoms with Gasteiger partial charge in [0.1, 0.15) is 0 Å². The van der Waals surface area contributed by atoms with E-state index in [4.69, 9.17) is 18.3 Å². The molecule has 0 aliphatic carbocycles. The highest BCUT2D eigenvalue weighted by molar-refractivity contribution is 6.99. The zero-order chi connectivity index (χ0) is 28.2. The molecule has 7 heteroatoms. The summed E-state index contributed by atoms with van der Waals surface area (Å²) in [4.78, 5) is 11.8. The normalized spacial score (nSPS) is 21.2. The monoisotopic (exact) mass is 556 g/mol. The van der Waals surface area contributed by atoms with Crippen LogP contribution in [-0.4, -0.2) is 47.7 Å². The first-order valence-corrected chi connectivity index (χ1v) is 18.7. The predicted molar refractivity (Wildman–Crippen MR) is 160 cm³/mol. The summed E-state index contributed by atoms with van der Waals surface area (Å²) < 4.78 is 25.7. The molecule has 0 spiro atoms. The lowest BCUT2D eigenvalue weighted by molar-refractivity contribution is -0.214. The van der Waals surface area contributed by atoms with E-state index in [1.807, 2.05) is 0 Å². The predicted octanol–water partition coefficient (Wildman–Crippen LogP) is 6.41. The average Bonchev–Trinajstić information content (AvgIpc) is 2.80. The van der Waals surface area contributed by atoms with E-state index in [0.29, 0.717) is 19.4 Å². The minimum Gasteiger partial charge on any atom is -0.436 e. The van der Waals surface area contributed by atoms with Gasteiger partial charge in [0.25, 0.3) is 8.32 Å². The Labute approximate surface area is 232 Å². The van der Waals surface area contributed by atoms with Crippen molar-refractivity contribution < 1.29 is 23.1 Å². The quantitative estimate of drug-likeness (QED) is 0.264. The van der Waals surface area contributed by atoms with Crippen LogP contribution in [0.25, 0.3) is 0 Å². The van der Waals surface area contributed by atoms with Crippen molar-refractivity contribution in [3.05, 3.63) is 60.7 Å². The second kappa shape index (κ2) is 12.2. The average molecular weight is 557 g/mol. The maximum absolute atomic E-state index is 11.8. The van der Waals surface area contributed by atoms with Crippen molar-refractivity contribution in [2.24, 2.45) is 0 Å². The summed E-state index contributed by atoms with van der Waals surface area (Å²) in [6.07, 6.45) is 1.34. The fraction of sp³-hybridized carbons (Fsp3) is 0.581. The lowest BCUT2D eigenvalue weighted by Crippen LogP contribution is -2.66. The molecule has 1 unspecified atom stereocenters. The molecule has 0 bridgehead atoms. The van der Waals surface area contributed by atoms with Crippen LogP contribution in [0.4, 0.5) is 0 Å². The molecule has 2 aromatic rings. The first-order chi connectivity index (χ1) is 17.7. The first kappa shape index (κ1) is 30.8. The number of rotatable bonds is 9. The lowest BCUT2D eigenvalue weighted by atomic mass is 10.0. The minimum atomic E-state index is -2.62. The van der Waals surface area contributed by atoms with Crippen LogP contribution >= 0.6 is 0 Å². The fourth-order valence-electron chi connectivity index (χ4n) is 5.17. The summed E-state index contributed by atoms with van der Waals surface area (Å²) in [7, 11) is -4.61. The van der Waals surface area contributed by atoms with E-state index in [1.54, 1.807) is 0 Å². The highest BCUT2D eigenvalue weighted by atomic mass is 28.4.